The molecule has 0 aliphatic rings. The fourth-order valence-corrected chi connectivity index (χ4v) is 2.17. The highest BCUT2D eigenvalue weighted by atomic mass is 35.5. The van der Waals surface area contributed by atoms with Crippen molar-refractivity contribution in [1.82, 2.24) is 0 Å². The zero-order valence-electron chi connectivity index (χ0n) is 12.5. The van der Waals surface area contributed by atoms with E-state index < -0.39 is 12.7 Å². The van der Waals surface area contributed by atoms with E-state index in [0.29, 0.717) is 5.56 Å². The Balaban J connectivity index is 2.08. The van der Waals surface area contributed by atoms with Crippen molar-refractivity contribution < 1.29 is 23.0 Å². The Morgan fingerprint density at radius 1 is 1.17 bits per heavy atom. The summed E-state index contributed by atoms with van der Waals surface area (Å²) in [7, 11) is 0. The van der Waals surface area contributed by atoms with Gasteiger partial charge < -0.3 is 9.47 Å². The Hall–Kier alpha value is -2.65. The van der Waals surface area contributed by atoms with E-state index in [9.17, 15) is 13.6 Å². The van der Waals surface area contributed by atoms with Crippen LogP contribution >= 0.6 is 11.6 Å². The third kappa shape index (κ3) is 4.43. The summed E-state index contributed by atoms with van der Waals surface area (Å²) < 4.78 is 33.9. The van der Waals surface area contributed by atoms with Gasteiger partial charge in [-0.2, -0.15) is 14.0 Å². The van der Waals surface area contributed by atoms with Crippen LogP contribution in [0, 0.1) is 11.3 Å². The minimum Gasteiger partial charge on any atom is -0.481 e. The molecule has 0 N–H and O–H groups in total. The standard InChI is InChI=1S/C17H12ClF2NO3/c1-10(23-15-7-2-11(9-21)8-14(15)18)16(22)12-3-5-13(6-4-12)24-17(19)20/h2-8,10,17H,1H3/t10-/m1/s1. The third-order valence-electron chi connectivity index (χ3n) is 3.10. The van der Waals surface area contributed by atoms with Gasteiger partial charge in [0, 0.05) is 5.56 Å². The summed E-state index contributed by atoms with van der Waals surface area (Å²) in [5.41, 5.74) is 0.662. The largest absolute Gasteiger partial charge is 0.481 e. The van der Waals surface area contributed by atoms with Gasteiger partial charge in [0.15, 0.2) is 6.10 Å². The number of halogens is 3. The Kier molecular flexibility index (Phi) is 5.72. The van der Waals surface area contributed by atoms with Crippen molar-refractivity contribution in [1.29, 1.82) is 5.26 Å². The minimum absolute atomic E-state index is 0.0368. The normalized spacial score (nSPS) is 11.7. The second-order valence-corrected chi connectivity index (χ2v) is 5.19. The number of nitrogens with zero attached hydrogens (tertiary/aromatic N) is 1. The first kappa shape index (κ1) is 17.7. The summed E-state index contributed by atoms with van der Waals surface area (Å²) in [6, 6.07) is 11.7. The maximum atomic E-state index is 12.3. The Morgan fingerprint density at radius 3 is 2.38 bits per heavy atom. The first-order valence-electron chi connectivity index (χ1n) is 6.86. The molecule has 0 heterocycles. The maximum Gasteiger partial charge on any atom is 0.387 e. The second kappa shape index (κ2) is 7.75. The number of ketones is 1. The average Bonchev–Trinajstić information content (AvgIpc) is 2.56. The molecule has 0 amide bonds. The number of rotatable bonds is 6. The van der Waals surface area contributed by atoms with E-state index in [4.69, 9.17) is 21.6 Å². The lowest BCUT2D eigenvalue weighted by Gasteiger charge is -2.15. The van der Waals surface area contributed by atoms with Crippen LogP contribution in [0.1, 0.15) is 22.8 Å². The van der Waals surface area contributed by atoms with Gasteiger partial charge in [-0.1, -0.05) is 11.6 Å². The van der Waals surface area contributed by atoms with E-state index >= 15 is 0 Å². The van der Waals surface area contributed by atoms with Crippen LogP contribution < -0.4 is 9.47 Å². The highest BCUT2D eigenvalue weighted by molar-refractivity contribution is 6.32. The van der Waals surface area contributed by atoms with E-state index in [1.165, 1.54) is 42.5 Å². The molecule has 2 rings (SSSR count). The monoisotopic (exact) mass is 351 g/mol. The van der Waals surface area contributed by atoms with Gasteiger partial charge >= 0.3 is 6.61 Å². The molecule has 1 atom stereocenters. The summed E-state index contributed by atoms with van der Waals surface area (Å²) in [5.74, 6) is -0.113. The molecule has 0 radical (unpaired) electrons. The third-order valence-corrected chi connectivity index (χ3v) is 3.39. The predicted molar refractivity (Wildman–Crippen MR) is 83.7 cm³/mol. The summed E-state index contributed by atoms with van der Waals surface area (Å²) in [6.45, 7) is -1.38. The van der Waals surface area contributed by atoms with Crippen LogP contribution in [-0.2, 0) is 0 Å². The molecule has 0 saturated carbocycles. The number of carbonyl (C=O) groups is 1. The first-order chi connectivity index (χ1) is 11.4. The lowest BCUT2D eigenvalue weighted by Crippen LogP contribution is -2.24. The first-order valence-corrected chi connectivity index (χ1v) is 7.24. The molecule has 0 saturated heterocycles. The smallest absolute Gasteiger partial charge is 0.387 e. The van der Waals surface area contributed by atoms with Crippen molar-refractivity contribution >= 4 is 17.4 Å². The van der Waals surface area contributed by atoms with Gasteiger partial charge in [-0.05, 0) is 49.4 Å². The molecule has 0 fully saturated rings. The number of carbonyl (C=O) groups excluding carboxylic acids is 1. The van der Waals surface area contributed by atoms with Gasteiger partial charge in [-0.15, -0.1) is 0 Å². The number of alkyl halides is 2. The fraction of sp³-hybridized carbons (Fsp3) is 0.176. The molecule has 0 spiro atoms. The molecular formula is C17H12ClF2NO3. The van der Waals surface area contributed by atoms with E-state index in [1.54, 1.807) is 6.92 Å². The lowest BCUT2D eigenvalue weighted by molar-refractivity contribution is -0.0498. The molecule has 2 aromatic rings. The lowest BCUT2D eigenvalue weighted by atomic mass is 10.1. The molecule has 0 aliphatic carbocycles. The van der Waals surface area contributed by atoms with Crippen LogP contribution in [0.25, 0.3) is 0 Å². The van der Waals surface area contributed by atoms with Crippen LogP contribution in [0.2, 0.25) is 5.02 Å². The zero-order chi connectivity index (χ0) is 17.7. The van der Waals surface area contributed by atoms with Gasteiger partial charge in [0.2, 0.25) is 5.78 Å². The summed E-state index contributed by atoms with van der Waals surface area (Å²) in [6.07, 6.45) is -0.850. The van der Waals surface area contributed by atoms with Gasteiger partial charge in [0.25, 0.3) is 0 Å². The highest BCUT2D eigenvalue weighted by Crippen LogP contribution is 2.27. The molecular weight excluding hydrogens is 340 g/mol. The summed E-state index contributed by atoms with van der Waals surface area (Å²) >= 11 is 6.00. The van der Waals surface area contributed by atoms with Gasteiger partial charge in [0.05, 0.1) is 16.7 Å². The molecule has 124 valence electrons. The second-order valence-electron chi connectivity index (χ2n) is 4.78. The Morgan fingerprint density at radius 2 is 1.83 bits per heavy atom. The number of nitriles is 1. The van der Waals surface area contributed by atoms with E-state index in [-0.39, 0.29) is 27.9 Å². The molecule has 0 aliphatic heterocycles. The topological polar surface area (TPSA) is 59.3 Å². The van der Waals surface area contributed by atoms with Gasteiger partial charge in [-0.3, -0.25) is 4.79 Å². The van der Waals surface area contributed by atoms with Gasteiger partial charge in [0.1, 0.15) is 11.5 Å². The highest BCUT2D eigenvalue weighted by Gasteiger charge is 2.18. The van der Waals surface area contributed by atoms with E-state index in [0.717, 1.165) is 0 Å². The number of Topliss-reactive ketones (excluding diaryl/α,β-unsaturated/α-hetero) is 1. The molecule has 0 aromatic heterocycles. The molecule has 2 aromatic carbocycles. The van der Waals surface area contributed by atoms with Crippen molar-refractivity contribution in [2.45, 2.75) is 19.6 Å². The van der Waals surface area contributed by atoms with E-state index in [2.05, 4.69) is 4.74 Å². The number of hydrogen-bond acceptors (Lipinski definition) is 4. The predicted octanol–water partition coefficient (Wildman–Crippen LogP) is 4.46. The van der Waals surface area contributed by atoms with E-state index in [1.807, 2.05) is 6.07 Å². The van der Waals surface area contributed by atoms with Crippen LogP contribution in [0.3, 0.4) is 0 Å². The maximum absolute atomic E-state index is 12.3. The zero-order valence-corrected chi connectivity index (χ0v) is 13.3. The summed E-state index contributed by atoms with van der Waals surface area (Å²) in [5, 5.41) is 9.01. The molecule has 0 bridgehead atoms. The van der Waals surface area contributed by atoms with Crippen molar-refractivity contribution in [3.8, 4) is 17.6 Å². The number of ether oxygens (including phenoxy) is 2. The average molecular weight is 352 g/mol. The van der Waals surface area contributed by atoms with Crippen LogP contribution in [0.5, 0.6) is 11.5 Å². The van der Waals surface area contributed by atoms with Crippen LogP contribution in [0.15, 0.2) is 42.5 Å². The van der Waals surface area contributed by atoms with Crippen LogP contribution in [0.4, 0.5) is 8.78 Å². The van der Waals surface area contributed by atoms with Crippen molar-refractivity contribution in [3.05, 3.63) is 58.6 Å². The van der Waals surface area contributed by atoms with Crippen molar-refractivity contribution in [2.75, 3.05) is 0 Å². The molecule has 7 heteroatoms. The van der Waals surface area contributed by atoms with Crippen molar-refractivity contribution in [2.24, 2.45) is 0 Å². The Bertz CT molecular complexity index is 772. The van der Waals surface area contributed by atoms with Crippen molar-refractivity contribution in [3.63, 3.8) is 0 Å². The number of benzene rings is 2. The Labute approximate surface area is 142 Å². The molecule has 0 unspecified atom stereocenters. The fourth-order valence-electron chi connectivity index (χ4n) is 1.95. The summed E-state index contributed by atoms with van der Waals surface area (Å²) in [4.78, 5) is 12.3. The molecule has 4 nitrogen and oxygen atoms in total. The van der Waals surface area contributed by atoms with Gasteiger partial charge in [-0.25, -0.2) is 0 Å². The SMILES string of the molecule is C[C@@H](Oc1ccc(C#N)cc1Cl)C(=O)c1ccc(OC(F)F)cc1. The van der Waals surface area contributed by atoms with Crippen LogP contribution in [-0.4, -0.2) is 18.5 Å². The quantitative estimate of drug-likeness (QED) is 0.721. The molecule has 24 heavy (non-hydrogen) atoms. The minimum atomic E-state index is -2.92. The number of hydrogen-bond donors (Lipinski definition) is 0.